The first-order valence-electron chi connectivity index (χ1n) is 4.33. The second-order valence-corrected chi connectivity index (χ2v) is 2.90. The minimum atomic E-state index is -1.17. The van der Waals surface area contributed by atoms with Gasteiger partial charge in [0.05, 0.1) is 5.69 Å². The molecular formula is C7H8N6O3. The molecule has 0 spiro atoms. The third kappa shape index (κ3) is 1.75. The molecule has 2 rings (SSSR count). The molecule has 0 atom stereocenters. The summed E-state index contributed by atoms with van der Waals surface area (Å²) in [5.74, 6) is -0.795. The minimum Gasteiger partial charge on any atom is -0.476 e. The van der Waals surface area contributed by atoms with E-state index in [1.54, 1.807) is 0 Å². The van der Waals surface area contributed by atoms with Crippen LogP contribution in [0.3, 0.4) is 0 Å². The molecule has 84 valence electrons. The van der Waals surface area contributed by atoms with Crippen molar-refractivity contribution in [2.24, 2.45) is 5.73 Å². The van der Waals surface area contributed by atoms with Crippen molar-refractivity contribution >= 4 is 5.97 Å². The molecule has 0 saturated heterocycles. The van der Waals surface area contributed by atoms with Gasteiger partial charge in [-0.1, -0.05) is 10.4 Å². The standard InChI is InChI=1S/C7H8N6O3/c8-1-4-6(7(14)15)10-12-13(4)2-5-9-3-16-11-5/h3H,1-2,8H2,(H,14,15). The first-order valence-corrected chi connectivity index (χ1v) is 4.33. The van der Waals surface area contributed by atoms with Crippen molar-refractivity contribution in [3.63, 3.8) is 0 Å². The molecule has 0 aliphatic carbocycles. The van der Waals surface area contributed by atoms with Crippen LogP contribution in [0.1, 0.15) is 22.0 Å². The molecule has 0 fully saturated rings. The van der Waals surface area contributed by atoms with E-state index >= 15 is 0 Å². The normalized spacial score (nSPS) is 10.6. The van der Waals surface area contributed by atoms with Crippen molar-refractivity contribution in [2.75, 3.05) is 0 Å². The topological polar surface area (TPSA) is 133 Å². The van der Waals surface area contributed by atoms with Crippen molar-refractivity contribution in [1.29, 1.82) is 0 Å². The Morgan fingerprint density at radius 3 is 3.00 bits per heavy atom. The van der Waals surface area contributed by atoms with Crippen LogP contribution in [0, 0.1) is 0 Å². The number of nitrogens with zero attached hydrogens (tertiary/aromatic N) is 5. The maximum absolute atomic E-state index is 10.8. The number of aromatic nitrogens is 5. The number of carboxylic acids is 1. The summed E-state index contributed by atoms with van der Waals surface area (Å²) >= 11 is 0. The van der Waals surface area contributed by atoms with E-state index < -0.39 is 5.97 Å². The van der Waals surface area contributed by atoms with Crippen molar-refractivity contribution in [3.8, 4) is 0 Å². The lowest BCUT2D eigenvalue weighted by atomic mass is 10.3. The smallest absolute Gasteiger partial charge is 0.358 e. The molecule has 0 saturated carbocycles. The van der Waals surface area contributed by atoms with Gasteiger partial charge < -0.3 is 15.4 Å². The lowest BCUT2D eigenvalue weighted by Crippen LogP contribution is -2.13. The summed E-state index contributed by atoms with van der Waals surface area (Å²) in [7, 11) is 0. The predicted molar refractivity (Wildman–Crippen MR) is 48.3 cm³/mol. The van der Waals surface area contributed by atoms with Crippen LogP contribution >= 0.6 is 0 Å². The van der Waals surface area contributed by atoms with Crippen LogP contribution in [0.4, 0.5) is 0 Å². The van der Waals surface area contributed by atoms with Gasteiger partial charge >= 0.3 is 5.97 Å². The number of carbonyl (C=O) groups is 1. The Bertz CT molecular complexity index is 490. The van der Waals surface area contributed by atoms with Crippen molar-refractivity contribution in [2.45, 2.75) is 13.1 Å². The van der Waals surface area contributed by atoms with Gasteiger partial charge in [0.2, 0.25) is 6.39 Å². The highest BCUT2D eigenvalue weighted by molar-refractivity contribution is 5.86. The van der Waals surface area contributed by atoms with Gasteiger partial charge in [0.15, 0.2) is 11.5 Å². The van der Waals surface area contributed by atoms with E-state index in [4.69, 9.17) is 10.8 Å². The maximum atomic E-state index is 10.8. The molecule has 2 heterocycles. The SMILES string of the molecule is NCc1c(C(=O)O)nnn1Cc1ncon1. The van der Waals surface area contributed by atoms with Crippen LogP contribution in [0.25, 0.3) is 0 Å². The number of hydrogen-bond acceptors (Lipinski definition) is 7. The third-order valence-electron chi connectivity index (χ3n) is 1.93. The highest BCUT2D eigenvalue weighted by Gasteiger charge is 2.18. The zero-order valence-corrected chi connectivity index (χ0v) is 8.07. The molecule has 0 bridgehead atoms. The van der Waals surface area contributed by atoms with Crippen molar-refractivity contribution in [1.82, 2.24) is 25.1 Å². The molecule has 0 aliphatic rings. The molecule has 9 heteroatoms. The lowest BCUT2D eigenvalue weighted by Gasteiger charge is -2.00. The summed E-state index contributed by atoms with van der Waals surface area (Å²) in [6.07, 6.45) is 1.17. The van der Waals surface area contributed by atoms with Gasteiger partial charge in [0.1, 0.15) is 6.54 Å². The van der Waals surface area contributed by atoms with Gasteiger partial charge in [0.25, 0.3) is 0 Å². The summed E-state index contributed by atoms with van der Waals surface area (Å²) in [5.41, 5.74) is 5.59. The molecular weight excluding hydrogens is 216 g/mol. The van der Waals surface area contributed by atoms with E-state index in [2.05, 4.69) is 25.0 Å². The second kappa shape index (κ2) is 4.06. The number of hydrogen-bond donors (Lipinski definition) is 2. The summed E-state index contributed by atoms with van der Waals surface area (Å²) < 4.78 is 5.87. The Morgan fingerprint density at radius 1 is 1.62 bits per heavy atom. The Labute approximate surface area is 88.9 Å². The highest BCUT2D eigenvalue weighted by atomic mass is 16.5. The minimum absolute atomic E-state index is 0.0203. The van der Waals surface area contributed by atoms with Crippen molar-refractivity contribution < 1.29 is 14.4 Å². The van der Waals surface area contributed by atoms with Gasteiger partial charge in [-0.05, 0) is 0 Å². The van der Waals surface area contributed by atoms with Gasteiger partial charge in [-0.15, -0.1) is 5.10 Å². The Kier molecular flexibility index (Phi) is 2.60. The molecule has 0 aromatic carbocycles. The highest BCUT2D eigenvalue weighted by Crippen LogP contribution is 2.06. The van der Waals surface area contributed by atoms with Gasteiger partial charge in [-0.2, -0.15) is 4.98 Å². The van der Waals surface area contributed by atoms with E-state index in [-0.39, 0.29) is 18.8 Å². The largest absolute Gasteiger partial charge is 0.476 e. The van der Waals surface area contributed by atoms with Gasteiger partial charge in [0, 0.05) is 6.54 Å². The van der Waals surface area contributed by atoms with E-state index in [0.29, 0.717) is 11.5 Å². The average Bonchev–Trinajstić information content (AvgIpc) is 2.87. The van der Waals surface area contributed by atoms with Crippen LogP contribution in [-0.2, 0) is 13.1 Å². The predicted octanol–water partition coefficient (Wildman–Crippen LogP) is -1.13. The lowest BCUT2D eigenvalue weighted by molar-refractivity contribution is 0.0689. The molecule has 2 aromatic rings. The number of nitrogens with two attached hydrogens (primary N) is 1. The summed E-state index contributed by atoms with van der Waals surface area (Å²) in [4.78, 5) is 14.6. The van der Waals surface area contributed by atoms with Crippen molar-refractivity contribution in [3.05, 3.63) is 23.6 Å². The van der Waals surface area contributed by atoms with E-state index in [1.165, 1.54) is 11.1 Å². The van der Waals surface area contributed by atoms with Crippen LogP contribution in [0.5, 0.6) is 0 Å². The zero-order chi connectivity index (χ0) is 11.5. The molecule has 2 aromatic heterocycles. The first-order chi connectivity index (χ1) is 7.72. The molecule has 9 nitrogen and oxygen atoms in total. The van der Waals surface area contributed by atoms with Gasteiger partial charge in [-0.25, -0.2) is 9.48 Å². The molecule has 0 amide bonds. The molecule has 3 N–H and O–H groups in total. The van der Waals surface area contributed by atoms with Gasteiger partial charge in [-0.3, -0.25) is 0 Å². The summed E-state index contributed by atoms with van der Waals surface area (Å²) in [6, 6.07) is 0. The summed E-state index contributed by atoms with van der Waals surface area (Å²) in [5, 5.41) is 19.6. The van der Waals surface area contributed by atoms with Crippen LogP contribution < -0.4 is 5.73 Å². The van der Waals surface area contributed by atoms with E-state index in [9.17, 15) is 4.79 Å². The fraction of sp³-hybridized carbons (Fsp3) is 0.286. The molecule has 0 unspecified atom stereocenters. The first kappa shape index (κ1) is 10.2. The monoisotopic (exact) mass is 224 g/mol. The van der Waals surface area contributed by atoms with E-state index in [1.807, 2.05) is 0 Å². The fourth-order valence-electron chi connectivity index (χ4n) is 1.22. The zero-order valence-electron chi connectivity index (χ0n) is 8.07. The molecule has 0 radical (unpaired) electrons. The summed E-state index contributed by atoms with van der Waals surface area (Å²) in [6.45, 7) is 0.190. The Balaban J connectivity index is 2.31. The molecule has 16 heavy (non-hydrogen) atoms. The van der Waals surface area contributed by atoms with Crippen LogP contribution in [0.2, 0.25) is 0 Å². The molecule has 0 aliphatic heterocycles. The maximum Gasteiger partial charge on any atom is 0.358 e. The Hall–Kier alpha value is -2.29. The number of aromatic carboxylic acids is 1. The quantitative estimate of drug-likeness (QED) is 0.666. The Morgan fingerprint density at radius 2 is 2.44 bits per heavy atom. The average molecular weight is 224 g/mol. The second-order valence-electron chi connectivity index (χ2n) is 2.90. The van der Waals surface area contributed by atoms with E-state index in [0.717, 1.165) is 0 Å². The number of rotatable bonds is 4. The fourth-order valence-corrected chi connectivity index (χ4v) is 1.22. The number of carboxylic acid groups (broad SMARTS) is 1. The third-order valence-corrected chi connectivity index (χ3v) is 1.93. The van der Waals surface area contributed by atoms with Crippen LogP contribution in [0.15, 0.2) is 10.9 Å². The van der Waals surface area contributed by atoms with Crippen LogP contribution in [-0.4, -0.2) is 36.2 Å².